The summed E-state index contributed by atoms with van der Waals surface area (Å²) in [5.41, 5.74) is 3.44. The maximum absolute atomic E-state index is 12.6. The molecule has 0 atom stereocenters. The van der Waals surface area contributed by atoms with E-state index in [2.05, 4.69) is 25.2 Å². The van der Waals surface area contributed by atoms with E-state index in [1.54, 1.807) is 19.9 Å². The molecule has 2 N–H and O–H groups in total. The number of hydrogen-bond donors (Lipinski definition) is 2. The van der Waals surface area contributed by atoms with E-state index in [1.165, 1.54) is 5.56 Å². The minimum Gasteiger partial charge on any atom is -0.386 e. The van der Waals surface area contributed by atoms with Crippen molar-refractivity contribution in [3.05, 3.63) is 76.9 Å². The Morgan fingerprint density at radius 2 is 1.84 bits per heavy atom. The van der Waals surface area contributed by atoms with Crippen LogP contribution in [0.5, 0.6) is 0 Å². The molecule has 0 saturated heterocycles. The third-order valence-corrected chi connectivity index (χ3v) is 4.55. The highest BCUT2D eigenvalue weighted by Gasteiger charge is 2.29. The predicted octanol–water partition coefficient (Wildman–Crippen LogP) is 4.06. The molecule has 0 fully saturated rings. The molecule has 25 heavy (non-hydrogen) atoms. The van der Waals surface area contributed by atoms with Gasteiger partial charge in [0.2, 0.25) is 0 Å². The van der Waals surface area contributed by atoms with Crippen LogP contribution in [-0.4, -0.2) is 16.4 Å². The Morgan fingerprint density at radius 3 is 2.48 bits per heavy atom. The zero-order valence-corrected chi connectivity index (χ0v) is 15.3. The maximum Gasteiger partial charge on any atom is 0.187 e. The lowest BCUT2D eigenvalue weighted by molar-refractivity contribution is 0.0785. The maximum atomic E-state index is 12.6. The largest absolute Gasteiger partial charge is 0.386 e. The molecule has 0 aliphatic carbocycles. The lowest BCUT2D eigenvalue weighted by Crippen LogP contribution is -2.44. The summed E-state index contributed by atoms with van der Waals surface area (Å²) in [6.07, 6.45) is 2.54. The van der Waals surface area contributed by atoms with Crippen molar-refractivity contribution in [2.24, 2.45) is 0 Å². The summed E-state index contributed by atoms with van der Waals surface area (Å²) >= 11 is 0. The fourth-order valence-electron chi connectivity index (χ4n) is 3.24. The van der Waals surface area contributed by atoms with E-state index in [-0.39, 0.29) is 11.3 Å². The monoisotopic (exact) mass is 335 g/mol. The van der Waals surface area contributed by atoms with Crippen molar-refractivity contribution in [1.82, 2.24) is 5.32 Å². The van der Waals surface area contributed by atoms with Crippen molar-refractivity contribution in [1.29, 1.82) is 0 Å². The Bertz CT molecular complexity index is 827. The van der Waals surface area contributed by atoms with Gasteiger partial charge < -0.3 is 10.4 Å². The summed E-state index contributed by atoms with van der Waals surface area (Å²) in [6.45, 7) is 7.79. The molecule has 0 bridgehead atoms. The van der Waals surface area contributed by atoms with Crippen molar-refractivity contribution in [3.63, 3.8) is 0 Å². The van der Waals surface area contributed by atoms with Gasteiger partial charge in [0.1, 0.15) is 0 Å². The molecule has 0 spiro atoms. The third kappa shape index (κ3) is 3.83. The molecule has 0 saturated carbocycles. The van der Waals surface area contributed by atoms with Crippen LogP contribution in [0, 0.1) is 0 Å². The Labute approximate surface area is 149 Å². The Kier molecular flexibility index (Phi) is 4.29. The summed E-state index contributed by atoms with van der Waals surface area (Å²) in [5.74, 6) is -0.0274. The highest BCUT2D eigenvalue weighted by atomic mass is 16.3. The lowest BCUT2D eigenvalue weighted by Gasteiger charge is -2.36. The summed E-state index contributed by atoms with van der Waals surface area (Å²) in [4.78, 5) is 12.6. The second-order valence-corrected chi connectivity index (χ2v) is 7.90. The average Bonchev–Trinajstić information content (AvgIpc) is 2.53. The van der Waals surface area contributed by atoms with Gasteiger partial charge in [-0.3, -0.25) is 4.79 Å². The van der Waals surface area contributed by atoms with Crippen LogP contribution < -0.4 is 5.32 Å². The number of carbonyl (C=O) groups is 1. The molecule has 1 aliphatic rings. The number of carbonyl (C=O) groups excluding carboxylic acids is 1. The van der Waals surface area contributed by atoms with Crippen molar-refractivity contribution in [2.75, 3.05) is 0 Å². The molecule has 1 aliphatic heterocycles. The SMILES string of the molecule is CC1(C)Cc2ccc(C(C)(C)O)cc2C(=CC(=O)c2ccccc2)N1. The van der Waals surface area contributed by atoms with E-state index >= 15 is 0 Å². The smallest absolute Gasteiger partial charge is 0.187 e. The highest BCUT2D eigenvalue weighted by molar-refractivity contribution is 6.08. The number of rotatable bonds is 3. The van der Waals surface area contributed by atoms with Crippen molar-refractivity contribution >= 4 is 11.5 Å². The van der Waals surface area contributed by atoms with Crippen LogP contribution in [-0.2, 0) is 12.0 Å². The molecular weight excluding hydrogens is 310 g/mol. The number of aliphatic hydroxyl groups is 1. The third-order valence-electron chi connectivity index (χ3n) is 4.55. The summed E-state index contributed by atoms with van der Waals surface area (Å²) in [5, 5.41) is 13.8. The molecule has 1 heterocycles. The number of benzene rings is 2. The van der Waals surface area contributed by atoms with Crippen molar-refractivity contribution in [3.8, 4) is 0 Å². The minimum absolute atomic E-state index is 0.0274. The standard InChI is InChI=1S/C22H25NO2/c1-21(2)14-16-10-11-17(22(3,4)25)12-18(16)19(23-21)13-20(24)15-8-6-5-7-9-15/h5-13,23,25H,14H2,1-4H3. The number of nitrogens with one attached hydrogen (secondary N) is 1. The Hall–Kier alpha value is -2.39. The lowest BCUT2D eigenvalue weighted by atomic mass is 9.83. The van der Waals surface area contributed by atoms with E-state index in [4.69, 9.17) is 0 Å². The number of ketones is 1. The Balaban J connectivity index is 2.08. The van der Waals surface area contributed by atoms with Gasteiger partial charge >= 0.3 is 0 Å². The fraction of sp³-hybridized carbons (Fsp3) is 0.318. The van der Waals surface area contributed by atoms with E-state index < -0.39 is 5.60 Å². The van der Waals surface area contributed by atoms with Crippen LogP contribution in [0.2, 0.25) is 0 Å². The molecule has 3 nitrogen and oxygen atoms in total. The van der Waals surface area contributed by atoms with Crippen LogP contribution in [0.3, 0.4) is 0 Å². The van der Waals surface area contributed by atoms with Gasteiger partial charge in [-0.05, 0) is 51.3 Å². The second-order valence-electron chi connectivity index (χ2n) is 7.90. The molecule has 3 rings (SSSR count). The van der Waals surface area contributed by atoms with Crippen molar-refractivity contribution < 1.29 is 9.90 Å². The molecule has 0 radical (unpaired) electrons. The van der Waals surface area contributed by atoms with Crippen molar-refractivity contribution in [2.45, 2.75) is 45.3 Å². The van der Waals surface area contributed by atoms with Crippen LogP contribution >= 0.6 is 0 Å². The van der Waals surface area contributed by atoms with Gasteiger partial charge in [-0.2, -0.15) is 0 Å². The van der Waals surface area contributed by atoms with Gasteiger partial charge in [0.25, 0.3) is 0 Å². The van der Waals surface area contributed by atoms with E-state index in [1.807, 2.05) is 42.5 Å². The summed E-state index contributed by atoms with van der Waals surface area (Å²) in [6, 6.07) is 15.3. The van der Waals surface area contributed by atoms with Crippen LogP contribution in [0.25, 0.3) is 5.70 Å². The summed E-state index contributed by atoms with van der Waals surface area (Å²) < 4.78 is 0. The van der Waals surface area contributed by atoms with Gasteiger partial charge in [0, 0.05) is 28.4 Å². The molecule has 2 aromatic rings. The van der Waals surface area contributed by atoms with Gasteiger partial charge in [0.15, 0.2) is 5.78 Å². The van der Waals surface area contributed by atoms with Gasteiger partial charge in [-0.1, -0.05) is 42.5 Å². The second kappa shape index (κ2) is 6.16. The normalized spacial score (nSPS) is 17.7. The quantitative estimate of drug-likeness (QED) is 0.657. The average molecular weight is 335 g/mol. The summed E-state index contributed by atoms with van der Waals surface area (Å²) in [7, 11) is 0. The molecule has 0 unspecified atom stereocenters. The first-order valence-corrected chi connectivity index (χ1v) is 8.61. The molecule has 2 aromatic carbocycles. The van der Waals surface area contributed by atoms with Gasteiger partial charge in [-0.15, -0.1) is 0 Å². The zero-order chi connectivity index (χ0) is 18.2. The highest BCUT2D eigenvalue weighted by Crippen LogP contribution is 2.33. The van der Waals surface area contributed by atoms with Gasteiger partial charge in [0.05, 0.1) is 5.60 Å². The van der Waals surface area contributed by atoms with E-state index in [9.17, 15) is 9.90 Å². The fourth-order valence-corrected chi connectivity index (χ4v) is 3.24. The first-order chi connectivity index (χ1) is 11.7. The molecular formula is C22H25NO2. The van der Waals surface area contributed by atoms with Gasteiger partial charge in [-0.25, -0.2) is 0 Å². The molecule has 0 amide bonds. The first kappa shape index (κ1) is 17.4. The van der Waals surface area contributed by atoms with Crippen LogP contribution in [0.1, 0.15) is 54.7 Å². The number of hydrogen-bond acceptors (Lipinski definition) is 3. The zero-order valence-electron chi connectivity index (χ0n) is 15.3. The van der Waals surface area contributed by atoms with Crippen LogP contribution in [0.15, 0.2) is 54.6 Å². The Morgan fingerprint density at radius 1 is 1.16 bits per heavy atom. The molecule has 0 aromatic heterocycles. The van der Waals surface area contributed by atoms with E-state index in [0.717, 1.165) is 23.2 Å². The molecule has 130 valence electrons. The first-order valence-electron chi connectivity index (χ1n) is 8.61. The van der Waals surface area contributed by atoms with Crippen LogP contribution in [0.4, 0.5) is 0 Å². The van der Waals surface area contributed by atoms with E-state index in [0.29, 0.717) is 5.56 Å². The number of fused-ring (bicyclic) bond motifs is 1. The predicted molar refractivity (Wildman–Crippen MR) is 101 cm³/mol. The number of allylic oxidation sites excluding steroid dienone is 1. The topological polar surface area (TPSA) is 49.3 Å². The molecule has 3 heteroatoms. The minimum atomic E-state index is -0.920.